The molecule has 0 amide bonds. The van der Waals surface area contributed by atoms with Crippen molar-refractivity contribution in [2.75, 3.05) is 0 Å². The molecule has 1 heterocycles. The van der Waals surface area contributed by atoms with E-state index in [9.17, 15) is 4.79 Å². The van der Waals surface area contributed by atoms with Crippen LogP contribution in [0.2, 0.25) is 0 Å². The molecule has 1 aromatic heterocycles. The summed E-state index contributed by atoms with van der Waals surface area (Å²) in [6, 6.07) is 6.36. The predicted octanol–water partition coefficient (Wildman–Crippen LogP) is 4.49. The van der Waals surface area contributed by atoms with Gasteiger partial charge in [0, 0.05) is 13.1 Å². The number of hydrogen-bond donors (Lipinski definition) is 0. The smallest absolute Gasteiger partial charge is 0.292 e. The summed E-state index contributed by atoms with van der Waals surface area (Å²) in [4.78, 5) is 12.7. The van der Waals surface area contributed by atoms with Gasteiger partial charge in [-0.25, -0.2) is 4.79 Å². The fourth-order valence-electron chi connectivity index (χ4n) is 2.90. The molecule has 3 heteroatoms. The first-order valence-electron chi connectivity index (χ1n) is 8.38. The van der Waals surface area contributed by atoms with Crippen LogP contribution in [0.25, 0.3) is 11.0 Å². The Kier molecular flexibility index (Phi) is 5.66. The normalized spacial score (nSPS) is 11.4. The second-order valence-corrected chi connectivity index (χ2v) is 5.99. The lowest BCUT2D eigenvalue weighted by Crippen LogP contribution is -2.24. The summed E-state index contributed by atoms with van der Waals surface area (Å²) in [5, 5.41) is 0. The van der Waals surface area contributed by atoms with Gasteiger partial charge in [0.15, 0.2) is 0 Å². The highest BCUT2D eigenvalue weighted by atomic mass is 16.1. The zero-order valence-electron chi connectivity index (χ0n) is 13.7. The van der Waals surface area contributed by atoms with Gasteiger partial charge >= 0.3 is 5.69 Å². The number of fused-ring (bicyclic) bond motifs is 1. The van der Waals surface area contributed by atoms with Crippen LogP contribution in [0.3, 0.4) is 0 Å². The number of hydrogen-bond acceptors (Lipinski definition) is 1. The Balaban J connectivity index is 2.38. The second kappa shape index (κ2) is 7.48. The minimum absolute atomic E-state index is 0.169. The molecule has 0 radical (unpaired) electrons. The number of imidazole rings is 1. The molecule has 0 spiro atoms. The van der Waals surface area contributed by atoms with E-state index in [2.05, 4.69) is 39.0 Å². The predicted molar refractivity (Wildman–Crippen MR) is 90.0 cm³/mol. The zero-order chi connectivity index (χ0) is 15.2. The maximum atomic E-state index is 12.7. The Hall–Kier alpha value is -1.51. The van der Waals surface area contributed by atoms with Crippen LogP contribution in [0.15, 0.2) is 23.0 Å². The molecule has 0 saturated heterocycles. The van der Waals surface area contributed by atoms with Gasteiger partial charge in [-0.15, -0.1) is 0 Å². The van der Waals surface area contributed by atoms with Crippen LogP contribution in [0.1, 0.15) is 57.9 Å². The monoisotopic (exact) mass is 288 g/mol. The van der Waals surface area contributed by atoms with Gasteiger partial charge in [-0.05, 0) is 37.5 Å². The van der Waals surface area contributed by atoms with Crippen LogP contribution in [-0.4, -0.2) is 9.13 Å². The lowest BCUT2D eigenvalue weighted by Gasteiger charge is -2.02. The summed E-state index contributed by atoms with van der Waals surface area (Å²) < 4.78 is 3.94. The van der Waals surface area contributed by atoms with Crippen molar-refractivity contribution in [3.63, 3.8) is 0 Å². The van der Waals surface area contributed by atoms with Crippen LogP contribution in [0, 0.1) is 6.92 Å². The van der Waals surface area contributed by atoms with E-state index in [0.717, 1.165) is 37.0 Å². The van der Waals surface area contributed by atoms with Crippen molar-refractivity contribution in [3.05, 3.63) is 34.2 Å². The first-order valence-corrected chi connectivity index (χ1v) is 8.38. The molecule has 2 rings (SSSR count). The lowest BCUT2D eigenvalue weighted by molar-refractivity contribution is 0.554. The minimum atomic E-state index is 0.169. The molecule has 0 fully saturated rings. The average molecular weight is 288 g/mol. The zero-order valence-corrected chi connectivity index (χ0v) is 13.7. The molecule has 116 valence electrons. The third-order valence-corrected chi connectivity index (χ3v) is 4.14. The number of benzene rings is 1. The number of unbranched alkanes of at least 4 members (excludes halogenated alkanes) is 4. The van der Waals surface area contributed by atoms with Gasteiger partial charge in [0.05, 0.1) is 11.0 Å². The Labute approximate surface area is 127 Å². The molecule has 2 aromatic rings. The van der Waals surface area contributed by atoms with E-state index in [1.165, 1.54) is 31.2 Å². The lowest BCUT2D eigenvalue weighted by atomic mass is 10.2. The van der Waals surface area contributed by atoms with E-state index >= 15 is 0 Å². The summed E-state index contributed by atoms with van der Waals surface area (Å²) in [5.41, 5.74) is 3.59. The Morgan fingerprint density at radius 1 is 0.857 bits per heavy atom. The van der Waals surface area contributed by atoms with E-state index in [0.29, 0.717) is 0 Å². The molecule has 21 heavy (non-hydrogen) atoms. The van der Waals surface area contributed by atoms with E-state index in [1.807, 2.05) is 9.13 Å². The van der Waals surface area contributed by atoms with Crippen LogP contribution in [-0.2, 0) is 13.1 Å². The summed E-state index contributed by atoms with van der Waals surface area (Å²) in [6.07, 6.45) is 6.89. The van der Waals surface area contributed by atoms with Gasteiger partial charge in [0.2, 0.25) is 0 Å². The largest absolute Gasteiger partial charge is 0.329 e. The molecule has 0 unspecified atom stereocenters. The van der Waals surface area contributed by atoms with E-state index in [4.69, 9.17) is 0 Å². The number of nitrogens with zero attached hydrogens (tertiary/aromatic N) is 2. The maximum Gasteiger partial charge on any atom is 0.329 e. The fraction of sp³-hybridized carbons (Fsp3) is 0.611. The molecule has 0 bridgehead atoms. The van der Waals surface area contributed by atoms with Gasteiger partial charge in [0.25, 0.3) is 0 Å². The third kappa shape index (κ3) is 3.58. The molecular weight excluding hydrogens is 260 g/mol. The highest BCUT2D eigenvalue weighted by Crippen LogP contribution is 2.17. The summed E-state index contributed by atoms with van der Waals surface area (Å²) in [5.74, 6) is 0. The van der Waals surface area contributed by atoms with Gasteiger partial charge in [-0.3, -0.25) is 9.13 Å². The molecule has 1 aromatic carbocycles. The number of aromatic nitrogens is 2. The first-order chi connectivity index (χ1) is 10.2. The number of rotatable bonds is 8. The summed E-state index contributed by atoms with van der Waals surface area (Å²) in [7, 11) is 0. The SMILES string of the molecule is CCCCCn1c(=O)n(CCCCC)c2cc(C)ccc21. The van der Waals surface area contributed by atoms with Crippen LogP contribution >= 0.6 is 0 Å². The van der Waals surface area contributed by atoms with Crippen molar-refractivity contribution in [2.45, 2.75) is 72.4 Å². The molecule has 3 nitrogen and oxygen atoms in total. The molecular formula is C18H28N2O. The molecule has 0 N–H and O–H groups in total. The van der Waals surface area contributed by atoms with Crippen LogP contribution < -0.4 is 5.69 Å². The second-order valence-electron chi connectivity index (χ2n) is 5.99. The summed E-state index contributed by atoms with van der Waals surface area (Å²) >= 11 is 0. The fourth-order valence-corrected chi connectivity index (χ4v) is 2.90. The van der Waals surface area contributed by atoms with E-state index < -0.39 is 0 Å². The quantitative estimate of drug-likeness (QED) is 0.657. The topological polar surface area (TPSA) is 26.9 Å². The third-order valence-electron chi connectivity index (χ3n) is 4.14. The van der Waals surface area contributed by atoms with Crippen LogP contribution in [0.5, 0.6) is 0 Å². The van der Waals surface area contributed by atoms with Crippen molar-refractivity contribution in [1.82, 2.24) is 9.13 Å². The van der Waals surface area contributed by atoms with Gasteiger partial charge in [-0.1, -0.05) is 45.6 Å². The highest BCUT2D eigenvalue weighted by molar-refractivity contribution is 5.77. The van der Waals surface area contributed by atoms with Crippen molar-refractivity contribution in [3.8, 4) is 0 Å². The van der Waals surface area contributed by atoms with Crippen molar-refractivity contribution in [1.29, 1.82) is 0 Å². The standard InChI is InChI=1S/C18H28N2O/c1-4-6-8-12-19-16-11-10-15(3)14-17(16)20(18(19)21)13-9-7-5-2/h10-11,14H,4-9,12-13H2,1-3H3. The minimum Gasteiger partial charge on any atom is -0.292 e. The summed E-state index contributed by atoms with van der Waals surface area (Å²) in [6.45, 7) is 8.16. The maximum absolute atomic E-state index is 12.7. The Morgan fingerprint density at radius 2 is 1.43 bits per heavy atom. The van der Waals surface area contributed by atoms with Crippen molar-refractivity contribution >= 4 is 11.0 Å². The van der Waals surface area contributed by atoms with E-state index in [1.54, 1.807) is 0 Å². The van der Waals surface area contributed by atoms with Crippen molar-refractivity contribution < 1.29 is 0 Å². The van der Waals surface area contributed by atoms with E-state index in [-0.39, 0.29) is 5.69 Å². The van der Waals surface area contributed by atoms with Crippen LogP contribution in [0.4, 0.5) is 0 Å². The molecule has 0 aliphatic heterocycles. The Bertz CT molecular complexity index is 636. The average Bonchev–Trinajstić information content (AvgIpc) is 2.72. The molecule has 0 saturated carbocycles. The number of aryl methyl sites for hydroxylation is 3. The first kappa shape index (κ1) is 15.9. The van der Waals surface area contributed by atoms with Gasteiger partial charge in [0.1, 0.15) is 0 Å². The molecule has 0 atom stereocenters. The highest BCUT2D eigenvalue weighted by Gasteiger charge is 2.12. The van der Waals surface area contributed by atoms with Gasteiger partial charge in [-0.2, -0.15) is 0 Å². The molecule has 0 aliphatic rings. The molecule has 0 aliphatic carbocycles. The Morgan fingerprint density at radius 3 is 2.00 bits per heavy atom. The van der Waals surface area contributed by atoms with Gasteiger partial charge < -0.3 is 0 Å². The van der Waals surface area contributed by atoms with Crippen molar-refractivity contribution in [2.24, 2.45) is 0 Å².